The molecule has 0 radical (unpaired) electrons. The van der Waals surface area contributed by atoms with Crippen LogP contribution in [0.3, 0.4) is 0 Å². The summed E-state index contributed by atoms with van der Waals surface area (Å²) in [4.78, 5) is 31.5. The van der Waals surface area contributed by atoms with Gasteiger partial charge in [-0.1, -0.05) is 0 Å². The highest BCUT2D eigenvalue weighted by molar-refractivity contribution is 5.75. The molecule has 9 heteroatoms. The highest BCUT2D eigenvalue weighted by Crippen LogP contribution is 2.07. The molecule has 1 amide bonds. The van der Waals surface area contributed by atoms with E-state index in [2.05, 4.69) is 10.4 Å². The molecule has 0 aliphatic heterocycles. The minimum atomic E-state index is -0.866. The average Bonchev–Trinajstić information content (AvgIpc) is 2.76. The molecule has 0 spiro atoms. The van der Waals surface area contributed by atoms with E-state index in [4.69, 9.17) is 5.11 Å². The summed E-state index contributed by atoms with van der Waals surface area (Å²) in [6.07, 6.45) is 3.37. The topological polar surface area (TPSA) is 127 Å². The summed E-state index contributed by atoms with van der Waals surface area (Å²) < 4.78 is 1.17. The van der Waals surface area contributed by atoms with E-state index in [-0.39, 0.29) is 24.6 Å². The third-order valence-electron chi connectivity index (χ3n) is 2.28. The molecule has 0 fully saturated rings. The number of carbonyl (C=O) groups excluding carboxylic acids is 1. The minimum Gasteiger partial charge on any atom is -0.481 e. The molecular formula is C10H14N4O5. The third-order valence-corrected chi connectivity index (χ3v) is 2.28. The molecule has 1 aromatic rings. The molecule has 1 heterocycles. The van der Waals surface area contributed by atoms with Crippen molar-refractivity contribution in [2.45, 2.75) is 25.8 Å². The van der Waals surface area contributed by atoms with E-state index in [0.29, 0.717) is 19.4 Å². The van der Waals surface area contributed by atoms with Crippen LogP contribution in [0.5, 0.6) is 0 Å². The van der Waals surface area contributed by atoms with Crippen molar-refractivity contribution in [3.8, 4) is 0 Å². The SMILES string of the molecule is O=C(O)CCCCNC(=O)Cn1cc([N+](=O)[O-])cn1. The van der Waals surface area contributed by atoms with E-state index in [1.165, 1.54) is 10.9 Å². The number of hydrogen-bond donors (Lipinski definition) is 2. The number of carboxylic acid groups (broad SMARTS) is 1. The Hall–Kier alpha value is -2.45. The normalized spacial score (nSPS) is 10.1. The molecule has 19 heavy (non-hydrogen) atoms. The zero-order chi connectivity index (χ0) is 14.3. The second-order valence-corrected chi connectivity index (χ2v) is 3.85. The van der Waals surface area contributed by atoms with Gasteiger partial charge in [0, 0.05) is 13.0 Å². The summed E-state index contributed by atoms with van der Waals surface area (Å²) in [5.41, 5.74) is -0.172. The van der Waals surface area contributed by atoms with E-state index in [9.17, 15) is 19.7 Å². The lowest BCUT2D eigenvalue weighted by atomic mass is 10.2. The van der Waals surface area contributed by atoms with Crippen LogP contribution in [0, 0.1) is 10.1 Å². The number of carboxylic acids is 1. The Bertz CT molecular complexity index is 470. The Morgan fingerprint density at radius 2 is 2.21 bits per heavy atom. The van der Waals surface area contributed by atoms with Gasteiger partial charge in [0.1, 0.15) is 18.9 Å². The molecule has 0 atom stereocenters. The predicted molar refractivity (Wildman–Crippen MR) is 63.4 cm³/mol. The van der Waals surface area contributed by atoms with Crippen molar-refractivity contribution in [1.82, 2.24) is 15.1 Å². The van der Waals surface area contributed by atoms with E-state index in [0.717, 1.165) is 6.20 Å². The fourth-order valence-electron chi connectivity index (χ4n) is 1.37. The van der Waals surface area contributed by atoms with Crippen molar-refractivity contribution in [2.75, 3.05) is 6.54 Å². The van der Waals surface area contributed by atoms with Crippen LogP contribution in [0.2, 0.25) is 0 Å². The molecule has 0 bridgehead atoms. The standard InChI is InChI=1S/C10H14N4O5/c15-9(11-4-2-1-3-10(16)17)7-13-6-8(5-12-13)14(18)19/h5-6H,1-4,7H2,(H,11,15)(H,16,17). The molecule has 1 rings (SSSR count). The van der Waals surface area contributed by atoms with Crippen molar-refractivity contribution in [1.29, 1.82) is 0 Å². The number of carbonyl (C=O) groups is 2. The van der Waals surface area contributed by atoms with Crippen molar-refractivity contribution in [3.63, 3.8) is 0 Å². The lowest BCUT2D eigenvalue weighted by Gasteiger charge is -2.04. The van der Waals surface area contributed by atoms with Gasteiger partial charge in [-0.2, -0.15) is 5.10 Å². The average molecular weight is 270 g/mol. The van der Waals surface area contributed by atoms with Gasteiger partial charge < -0.3 is 10.4 Å². The zero-order valence-corrected chi connectivity index (χ0v) is 10.1. The van der Waals surface area contributed by atoms with Crippen molar-refractivity contribution >= 4 is 17.6 Å². The lowest BCUT2D eigenvalue weighted by Crippen LogP contribution is -2.28. The highest BCUT2D eigenvalue weighted by atomic mass is 16.6. The Morgan fingerprint density at radius 1 is 1.47 bits per heavy atom. The molecule has 0 aliphatic rings. The van der Waals surface area contributed by atoms with Crippen LogP contribution in [-0.4, -0.2) is 38.2 Å². The number of amides is 1. The number of aliphatic carboxylic acids is 1. The molecule has 2 N–H and O–H groups in total. The van der Waals surface area contributed by atoms with Crippen LogP contribution in [0.1, 0.15) is 19.3 Å². The first-order chi connectivity index (χ1) is 8.99. The molecule has 0 saturated heterocycles. The molecule has 0 saturated carbocycles. The molecule has 0 aliphatic carbocycles. The zero-order valence-electron chi connectivity index (χ0n) is 10.1. The van der Waals surface area contributed by atoms with Crippen LogP contribution >= 0.6 is 0 Å². The van der Waals surface area contributed by atoms with Crippen LogP contribution in [0.4, 0.5) is 5.69 Å². The Balaban J connectivity index is 2.23. The van der Waals surface area contributed by atoms with Gasteiger partial charge in [0.15, 0.2) is 0 Å². The maximum absolute atomic E-state index is 11.4. The maximum Gasteiger partial charge on any atom is 0.307 e. The summed E-state index contributed by atoms with van der Waals surface area (Å²) in [5.74, 6) is -1.19. The summed E-state index contributed by atoms with van der Waals surface area (Å²) in [6.45, 7) is 0.266. The Morgan fingerprint density at radius 3 is 2.79 bits per heavy atom. The summed E-state index contributed by atoms with van der Waals surface area (Å²) in [6, 6.07) is 0. The fourth-order valence-corrected chi connectivity index (χ4v) is 1.37. The van der Waals surface area contributed by atoms with Gasteiger partial charge >= 0.3 is 11.7 Å². The second-order valence-electron chi connectivity index (χ2n) is 3.85. The smallest absolute Gasteiger partial charge is 0.307 e. The van der Waals surface area contributed by atoms with Gasteiger partial charge in [0.25, 0.3) is 0 Å². The number of hydrogen-bond acceptors (Lipinski definition) is 5. The number of nitrogens with zero attached hydrogens (tertiary/aromatic N) is 3. The number of aromatic nitrogens is 2. The van der Waals surface area contributed by atoms with Gasteiger partial charge in [-0.3, -0.25) is 24.4 Å². The van der Waals surface area contributed by atoms with Crippen LogP contribution in [-0.2, 0) is 16.1 Å². The monoisotopic (exact) mass is 270 g/mol. The number of unbranched alkanes of at least 4 members (excludes halogenated alkanes) is 1. The number of nitrogens with one attached hydrogen (secondary N) is 1. The number of rotatable bonds is 8. The first kappa shape index (κ1) is 14.6. The third kappa shape index (κ3) is 5.61. The van der Waals surface area contributed by atoms with Crippen LogP contribution < -0.4 is 5.32 Å². The molecule has 104 valence electrons. The van der Waals surface area contributed by atoms with E-state index in [1.54, 1.807) is 0 Å². The van der Waals surface area contributed by atoms with Gasteiger partial charge in [-0.05, 0) is 12.8 Å². The predicted octanol–water partition coefficient (Wildman–Crippen LogP) is 0.162. The fraction of sp³-hybridized carbons (Fsp3) is 0.500. The first-order valence-electron chi connectivity index (χ1n) is 5.64. The van der Waals surface area contributed by atoms with Crippen LogP contribution in [0.25, 0.3) is 0 Å². The van der Waals surface area contributed by atoms with Gasteiger partial charge in [-0.25, -0.2) is 0 Å². The highest BCUT2D eigenvalue weighted by Gasteiger charge is 2.10. The largest absolute Gasteiger partial charge is 0.481 e. The van der Waals surface area contributed by atoms with E-state index >= 15 is 0 Å². The van der Waals surface area contributed by atoms with Crippen LogP contribution in [0.15, 0.2) is 12.4 Å². The molecule has 0 aromatic carbocycles. The summed E-state index contributed by atoms with van der Waals surface area (Å²) >= 11 is 0. The van der Waals surface area contributed by atoms with Gasteiger partial charge in [-0.15, -0.1) is 0 Å². The summed E-state index contributed by atoms with van der Waals surface area (Å²) in [7, 11) is 0. The summed E-state index contributed by atoms with van der Waals surface area (Å²) in [5, 5.41) is 25.1. The van der Waals surface area contributed by atoms with Gasteiger partial charge in [0.05, 0.1) is 4.92 Å². The first-order valence-corrected chi connectivity index (χ1v) is 5.64. The Labute approximate surface area is 108 Å². The van der Waals surface area contributed by atoms with E-state index in [1.807, 2.05) is 0 Å². The van der Waals surface area contributed by atoms with Gasteiger partial charge in [0.2, 0.25) is 5.91 Å². The lowest BCUT2D eigenvalue weighted by molar-refractivity contribution is -0.385. The second kappa shape index (κ2) is 7.09. The molecule has 9 nitrogen and oxygen atoms in total. The van der Waals surface area contributed by atoms with Crippen molar-refractivity contribution < 1.29 is 19.6 Å². The van der Waals surface area contributed by atoms with Crippen molar-refractivity contribution in [2.24, 2.45) is 0 Å². The quantitative estimate of drug-likeness (QED) is 0.393. The molecule has 0 unspecified atom stereocenters. The van der Waals surface area contributed by atoms with E-state index < -0.39 is 10.9 Å². The number of nitro groups is 1. The Kier molecular flexibility index (Phi) is 5.45. The maximum atomic E-state index is 11.4. The van der Waals surface area contributed by atoms with Crippen molar-refractivity contribution in [3.05, 3.63) is 22.5 Å². The minimum absolute atomic E-state index is 0.0707. The molecule has 1 aromatic heterocycles. The molecular weight excluding hydrogens is 256 g/mol.